The van der Waals surface area contributed by atoms with Gasteiger partial charge in [0, 0.05) is 17.7 Å². The first-order valence-electron chi connectivity index (χ1n) is 6.30. The van der Waals surface area contributed by atoms with Crippen LogP contribution in [0.2, 0.25) is 0 Å². The number of rotatable bonds is 5. The Morgan fingerprint density at radius 3 is 2.28 bits per heavy atom. The summed E-state index contributed by atoms with van der Waals surface area (Å²) >= 11 is 0. The molecule has 1 aromatic rings. The summed E-state index contributed by atoms with van der Waals surface area (Å²) in [5.74, 6) is 1.69. The predicted octanol–water partition coefficient (Wildman–Crippen LogP) is 3.40. The fraction of sp³-hybridized carbons (Fsp3) is 0.600. The van der Waals surface area contributed by atoms with Crippen LogP contribution in [0.15, 0.2) is 18.2 Å². The first-order valence-corrected chi connectivity index (χ1v) is 6.30. The maximum Gasteiger partial charge on any atom is 0.127 e. The molecule has 1 atom stereocenters. The van der Waals surface area contributed by atoms with Crippen molar-refractivity contribution < 1.29 is 9.47 Å². The van der Waals surface area contributed by atoms with Crippen molar-refractivity contribution in [1.29, 1.82) is 0 Å². The zero-order valence-electron chi connectivity index (χ0n) is 12.3. The summed E-state index contributed by atoms with van der Waals surface area (Å²) in [7, 11) is 5.35. The molecule has 0 saturated carbocycles. The van der Waals surface area contributed by atoms with Gasteiger partial charge in [0.25, 0.3) is 0 Å². The summed E-state index contributed by atoms with van der Waals surface area (Å²) in [6.07, 6.45) is 1.05. The van der Waals surface area contributed by atoms with E-state index in [-0.39, 0.29) is 11.5 Å². The summed E-state index contributed by atoms with van der Waals surface area (Å²) in [4.78, 5) is 0. The quantitative estimate of drug-likeness (QED) is 0.870. The van der Waals surface area contributed by atoms with Gasteiger partial charge in [0.15, 0.2) is 0 Å². The molecule has 0 bridgehead atoms. The maximum absolute atomic E-state index is 5.47. The number of hydrogen-bond donors (Lipinski definition) is 1. The van der Waals surface area contributed by atoms with E-state index in [1.165, 1.54) is 5.56 Å². The number of ether oxygens (including phenoxy) is 2. The third-order valence-electron chi connectivity index (χ3n) is 2.98. The lowest BCUT2D eigenvalue weighted by molar-refractivity contribution is 0.312. The van der Waals surface area contributed by atoms with Crippen LogP contribution in [0.25, 0.3) is 0 Å². The minimum Gasteiger partial charge on any atom is -0.497 e. The van der Waals surface area contributed by atoms with Crippen LogP contribution < -0.4 is 14.8 Å². The molecule has 3 nitrogen and oxygen atoms in total. The highest BCUT2D eigenvalue weighted by molar-refractivity contribution is 5.42. The number of benzene rings is 1. The molecule has 0 aromatic heterocycles. The van der Waals surface area contributed by atoms with Gasteiger partial charge in [0.1, 0.15) is 11.5 Å². The average Bonchev–Trinajstić information content (AvgIpc) is 2.34. The lowest BCUT2D eigenvalue weighted by atomic mass is 9.85. The molecule has 3 heteroatoms. The van der Waals surface area contributed by atoms with Gasteiger partial charge in [-0.15, -0.1) is 0 Å². The van der Waals surface area contributed by atoms with Crippen molar-refractivity contribution >= 4 is 0 Å². The largest absolute Gasteiger partial charge is 0.497 e. The molecule has 1 unspecified atom stereocenters. The SMILES string of the molecule is CNC(CC(C)(C)C)c1ccc(OC)cc1OC. The van der Waals surface area contributed by atoms with Gasteiger partial charge in [-0.25, -0.2) is 0 Å². The Hall–Kier alpha value is -1.22. The zero-order valence-corrected chi connectivity index (χ0v) is 12.3. The van der Waals surface area contributed by atoms with Crippen LogP contribution in [0.5, 0.6) is 11.5 Å². The molecule has 18 heavy (non-hydrogen) atoms. The lowest BCUT2D eigenvalue weighted by Gasteiger charge is -2.27. The highest BCUT2D eigenvalue weighted by Crippen LogP contribution is 2.35. The Balaban J connectivity index is 3.05. The van der Waals surface area contributed by atoms with Crippen molar-refractivity contribution in [3.05, 3.63) is 23.8 Å². The third kappa shape index (κ3) is 3.91. The molecule has 0 radical (unpaired) electrons. The van der Waals surface area contributed by atoms with E-state index < -0.39 is 0 Å². The van der Waals surface area contributed by atoms with Crippen molar-refractivity contribution in [2.45, 2.75) is 33.2 Å². The average molecular weight is 251 g/mol. The van der Waals surface area contributed by atoms with Crippen molar-refractivity contribution in [1.82, 2.24) is 5.32 Å². The van der Waals surface area contributed by atoms with E-state index in [1.54, 1.807) is 14.2 Å². The topological polar surface area (TPSA) is 30.5 Å². The van der Waals surface area contributed by atoms with Gasteiger partial charge in [-0.1, -0.05) is 26.8 Å². The van der Waals surface area contributed by atoms with E-state index in [0.29, 0.717) is 0 Å². The number of hydrogen-bond acceptors (Lipinski definition) is 3. The van der Waals surface area contributed by atoms with Crippen LogP contribution in [0.3, 0.4) is 0 Å². The van der Waals surface area contributed by atoms with Gasteiger partial charge < -0.3 is 14.8 Å². The molecule has 1 rings (SSSR count). The van der Waals surface area contributed by atoms with Gasteiger partial charge in [0.05, 0.1) is 14.2 Å². The summed E-state index contributed by atoms with van der Waals surface area (Å²) in [5, 5.41) is 3.37. The highest BCUT2D eigenvalue weighted by atomic mass is 16.5. The second kappa shape index (κ2) is 6.10. The molecule has 1 N–H and O–H groups in total. The summed E-state index contributed by atoms with van der Waals surface area (Å²) in [5.41, 5.74) is 1.44. The van der Waals surface area contributed by atoms with Gasteiger partial charge in [-0.05, 0) is 24.9 Å². The van der Waals surface area contributed by atoms with Gasteiger partial charge in [0.2, 0.25) is 0 Å². The Bertz CT molecular complexity index is 383. The van der Waals surface area contributed by atoms with Gasteiger partial charge in [-0.3, -0.25) is 0 Å². The monoisotopic (exact) mass is 251 g/mol. The summed E-state index contributed by atoms with van der Waals surface area (Å²) in [6, 6.07) is 6.27. The smallest absolute Gasteiger partial charge is 0.127 e. The predicted molar refractivity (Wildman–Crippen MR) is 75.4 cm³/mol. The molecule has 0 aliphatic heterocycles. The molecule has 0 spiro atoms. The fourth-order valence-corrected chi connectivity index (χ4v) is 2.09. The lowest BCUT2D eigenvalue weighted by Crippen LogP contribution is -2.23. The van der Waals surface area contributed by atoms with Gasteiger partial charge >= 0.3 is 0 Å². The van der Waals surface area contributed by atoms with Crippen LogP contribution in [0.4, 0.5) is 0 Å². The first-order chi connectivity index (χ1) is 8.41. The Morgan fingerprint density at radius 2 is 1.83 bits per heavy atom. The molecular formula is C15H25NO2. The second-order valence-electron chi connectivity index (χ2n) is 5.71. The van der Waals surface area contributed by atoms with Crippen LogP contribution in [0, 0.1) is 5.41 Å². The van der Waals surface area contributed by atoms with E-state index in [4.69, 9.17) is 9.47 Å². The number of nitrogens with one attached hydrogen (secondary N) is 1. The summed E-state index contributed by atoms with van der Waals surface area (Å²) < 4.78 is 10.7. The van der Waals surface area contributed by atoms with Crippen molar-refractivity contribution in [2.75, 3.05) is 21.3 Å². The minimum atomic E-state index is 0.263. The molecule has 0 heterocycles. The van der Waals surface area contributed by atoms with Gasteiger partial charge in [-0.2, -0.15) is 0 Å². The van der Waals surface area contributed by atoms with Crippen LogP contribution in [-0.4, -0.2) is 21.3 Å². The molecule has 0 amide bonds. The second-order valence-corrected chi connectivity index (χ2v) is 5.71. The molecule has 0 aliphatic rings. The van der Waals surface area contributed by atoms with Crippen LogP contribution >= 0.6 is 0 Å². The zero-order chi connectivity index (χ0) is 13.8. The Morgan fingerprint density at radius 1 is 1.17 bits per heavy atom. The fourth-order valence-electron chi connectivity index (χ4n) is 2.09. The Labute approximate surface area is 110 Å². The molecule has 0 fully saturated rings. The number of methoxy groups -OCH3 is 2. The third-order valence-corrected chi connectivity index (χ3v) is 2.98. The standard InChI is InChI=1S/C15H25NO2/c1-15(2,3)10-13(16-4)12-8-7-11(17-5)9-14(12)18-6/h7-9,13,16H,10H2,1-6H3. The molecular weight excluding hydrogens is 226 g/mol. The summed E-state index contributed by atoms with van der Waals surface area (Å²) in [6.45, 7) is 6.73. The van der Waals surface area contributed by atoms with E-state index in [0.717, 1.165) is 17.9 Å². The van der Waals surface area contributed by atoms with Crippen LogP contribution in [0.1, 0.15) is 38.8 Å². The van der Waals surface area contributed by atoms with E-state index in [2.05, 4.69) is 32.2 Å². The van der Waals surface area contributed by atoms with E-state index in [1.807, 2.05) is 19.2 Å². The van der Waals surface area contributed by atoms with Crippen LogP contribution in [-0.2, 0) is 0 Å². The van der Waals surface area contributed by atoms with Crippen molar-refractivity contribution in [2.24, 2.45) is 5.41 Å². The van der Waals surface area contributed by atoms with E-state index in [9.17, 15) is 0 Å². The Kier molecular flexibility index (Phi) is 5.03. The highest BCUT2D eigenvalue weighted by Gasteiger charge is 2.21. The molecule has 0 saturated heterocycles. The normalized spacial score (nSPS) is 13.2. The first kappa shape index (κ1) is 14.8. The maximum atomic E-state index is 5.47. The molecule has 0 aliphatic carbocycles. The van der Waals surface area contributed by atoms with E-state index >= 15 is 0 Å². The molecule has 102 valence electrons. The van der Waals surface area contributed by atoms with Crippen molar-refractivity contribution in [3.8, 4) is 11.5 Å². The van der Waals surface area contributed by atoms with Crippen molar-refractivity contribution in [3.63, 3.8) is 0 Å². The minimum absolute atomic E-state index is 0.263. The molecule has 1 aromatic carbocycles.